The van der Waals surface area contributed by atoms with Crippen molar-refractivity contribution in [2.24, 2.45) is 4.36 Å². The Morgan fingerprint density at radius 1 is 1.32 bits per heavy atom. The zero-order valence-corrected chi connectivity index (χ0v) is 17.7. The number of aromatic nitrogens is 1. The predicted octanol–water partition coefficient (Wildman–Crippen LogP) is 4.48. The van der Waals surface area contributed by atoms with Gasteiger partial charge in [-0.1, -0.05) is 18.2 Å². The number of benzene rings is 2. The van der Waals surface area contributed by atoms with Crippen molar-refractivity contribution in [1.29, 1.82) is 0 Å². The van der Waals surface area contributed by atoms with Gasteiger partial charge in [-0.25, -0.2) is 17.8 Å². The van der Waals surface area contributed by atoms with Gasteiger partial charge in [0.05, 0.1) is 21.8 Å². The third-order valence-corrected chi connectivity index (χ3v) is 7.13. The molecular weight excluding hydrogens is 419 g/mol. The highest BCUT2D eigenvalue weighted by atomic mass is 32.2. The number of carboxylic acid groups (broad SMARTS) is 1. The summed E-state index contributed by atoms with van der Waals surface area (Å²) in [5.74, 6) is -1.96. The molecule has 0 spiro atoms. The van der Waals surface area contributed by atoms with Gasteiger partial charge in [0, 0.05) is 34.3 Å². The van der Waals surface area contributed by atoms with Crippen molar-refractivity contribution in [1.82, 2.24) is 4.57 Å². The monoisotopic (exact) mass is 440 g/mol. The minimum atomic E-state index is -2.59. The number of fused-ring (bicyclic) bond motifs is 1. The second-order valence-corrected chi connectivity index (χ2v) is 9.93. The van der Waals surface area contributed by atoms with E-state index in [0.717, 1.165) is 18.9 Å². The van der Waals surface area contributed by atoms with Crippen molar-refractivity contribution in [2.45, 2.75) is 23.8 Å². The molecule has 1 atom stereocenters. The minimum Gasteiger partial charge on any atom is -0.477 e. The van der Waals surface area contributed by atoms with Gasteiger partial charge in [0.2, 0.25) is 5.43 Å². The Bertz CT molecular complexity index is 1400. The average Bonchev–Trinajstić information content (AvgIpc) is 3.58. The van der Waals surface area contributed by atoms with Crippen LogP contribution in [-0.2, 0) is 9.73 Å². The van der Waals surface area contributed by atoms with Crippen molar-refractivity contribution in [2.75, 3.05) is 12.8 Å². The van der Waals surface area contributed by atoms with Crippen LogP contribution in [0, 0.1) is 5.82 Å². The van der Waals surface area contributed by atoms with E-state index in [0.29, 0.717) is 16.0 Å². The topological polar surface area (TPSA) is 88.7 Å². The van der Waals surface area contributed by atoms with E-state index >= 15 is 0 Å². The lowest BCUT2D eigenvalue weighted by atomic mass is 10.0. The van der Waals surface area contributed by atoms with Gasteiger partial charge in [-0.3, -0.25) is 4.79 Å². The number of pyridine rings is 1. The first-order valence-electron chi connectivity index (χ1n) is 9.74. The first-order chi connectivity index (χ1) is 14.7. The predicted molar refractivity (Wildman–Crippen MR) is 119 cm³/mol. The van der Waals surface area contributed by atoms with E-state index in [-0.39, 0.29) is 29.1 Å². The van der Waals surface area contributed by atoms with Crippen LogP contribution in [0.1, 0.15) is 29.2 Å². The minimum absolute atomic E-state index is 0.0458. The summed E-state index contributed by atoms with van der Waals surface area (Å²) in [6.45, 7) is 3.84. The van der Waals surface area contributed by atoms with E-state index in [1.165, 1.54) is 12.5 Å². The van der Waals surface area contributed by atoms with Crippen LogP contribution in [0.5, 0.6) is 0 Å². The number of hydrogen-bond acceptors (Lipinski definition) is 4. The SMILES string of the molecule is C=CCN=S(C)(=O)c1ccc(-c2cc3c(cc2F)c(=O)c(C(=O)O)cn3C2CC2)cc1. The molecule has 31 heavy (non-hydrogen) atoms. The second-order valence-electron chi connectivity index (χ2n) is 7.59. The maximum atomic E-state index is 15.0. The van der Waals surface area contributed by atoms with Gasteiger partial charge < -0.3 is 9.67 Å². The number of carboxylic acids is 1. The molecule has 2 aromatic carbocycles. The molecule has 0 amide bonds. The summed E-state index contributed by atoms with van der Waals surface area (Å²) in [5.41, 5.74) is 0.269. The summed E-state index contributed by atoms with van der Waals surface area (Å²) < 4.78 is 33.6. The average molecular weight is 440 g/mol. The first-order valence-corrected chi connectivity index (χ1v) is 11.7. The van der Waals surface area contributed by atoms with E-state index < -0.39 is 26.9 Å². The number of aromatic carboxylic acids is 1. The van der Waals surface area contributed by atoms with Crippen LogP contribution in [0.4, 0.5) is 4.39 Å². The number of rotatable bonds is 6. The molecule has 1 aliphatic rings. The highest BCUT2D eigenvalue weighted by Crippen LogP contribution is 2.38. The molecule has 0 aliphatic heterocycles. The van der Waals surface area contributed by atoms with E-state index in [9.17, 15) is 23.3 Å². The van der Waals surface area contributed by atoms with Crippen LogP contribution in [0.15, 0.2) is 69.3 Å². The standard InChI is InChI=1S/C23H21FN2O4S/c1-3-10-25-31(2,30)16-8-4-14(5-9-16)17-12-21-18(11-20(17)24)22(27)19(23(28)29)13-26(21)15-6-7-15/h3-5,8-9,11-13,15H,1,6-7,10H2,2H3,(H,28,29). The van der Waals surface area contributed by atoms with Gasteiger partial charge in [0.15, 0.2) is 0 Å². The largest absolute Gasteiger partial charge is 0.477 e. The number of hydrogen-bond donors (Lipinski definition) is 1. The van der Waals surface area contributed by atoms with Gasteiger partial charge in [-0.05, 0) is 42.7 Å². The molecule has 1 N–H and O–H groups in total. The molecule has 0 saturated heterocycles. The molecule has 4 rings (SSSR count). The Labute approximate surface area is 178 Å². The highest BCUT2D eigenvalue weighted by Gasteiger charge is 2.27. The Morgan fingerprint density at radius 2 is 2.00 bits per heavy atom. The first kappa shape index (κ1) is 21.0. The third kappa shape index (κ3) is 3.90. The number of halogens is 1. The summed E-state index contributed by atoms with van der Waals surface area (Å²) in [5, 5.41) is 9.40. The molecule has 1 saturated carbocycles. The maximum absolute atomic E-state index is 15.0. The summed E-state index contributed by atoms with van der Waals surface area (Å²) >= 11 is 0. The number of carbonyl (C=O) groups is 1. The lowest BCUT2D eigenvalue weighted by molar-refractivity contribution is 0.0695. The summed E-state index contributed by atoms with van der Waals surface area (Å²) in [6, 6.07) is 9.41. The Hall–Kier alpha value is -3.26. The second kappa shape index (κ2) is 7.77. The molecule has 1 heterocycles. The molecule has 3 aromatic rings. The van der Waals surface area contributed by atoms with E-state index in [1.807, 2.05) is 0 Å². The molecule has 6 nitrogen and oxygen atoms in total. The zero-order valence-electron chi connectivity index (χ0n) is 16.9. The van der Waals surface area contributed by atoms with E-state index in [1.54, 1.807) is 41.0 Å². The van der Waals surface area contributed by atoms with Gasteiger partial charge in [-0.15, -0.1) is 6.58 Å². The zero-order chi connectivity index (χ0) is 22.3. The normalized spacial score (nSPS) is 15.4. The number of nitrogens with zero attached hydrogens (tertiary/aromatic N) is 2. The molecule has 1 aliphatic carbocycles. The fraction of sp³-hybridized carbons (Fsp3) is 0.217. The van der Waals surface area contributed by atoms with Gasteiger partial charge in [0.25, 0.3) is 0 Å². The van der Waals surface area contributed by atoms with E-state index in [4.69, 9.17) is 0 Å². The Balaban J connectivity index is 1.87. The van der Waals surface area contributed by atoms with Crippen LogP contribution < -0.4 is 5.43 Å². The van der Waals surface area contributed by atoms with Crippen molar-refractivity contribution < 1.29 is 18.5 Å². The maximum Gasteiger partial charge on any atom is 0.341 e. The smallest absolute Gasteiger partial charge is 0.341 e. The van der Waals surface area contributed by atoms with Crippen molar-refractivity contribution in [3.8, 4) is 11.1 Å². The van der Waals surface area contributed by atoms with Crippen LogP contribution in [-0.4, -0.2) is 32.7 Å². The molecule has 1 aromatic heterocycles. The summed E-state index contributed by atoms with van der Waals surface area (Å²) in [7, 11) is -2.59. The fourth-order valence-corrected chi connectivity index (χ4v) is 4.73. The molecular formula is C23H21FN2O4S. The molecule has 8 heteroatoms. The highest BCUT2D eigenvalue weighted by molar-refractivity contribution is 7.93. The van der Waals surface area contributed by atoms with Gasteiger partial charge in [0.1, 0.15) is 11.4 Å². The van der Waals surface area contributed by atoms with Crippen LogP contribution in [0.25, 0.3) is 22.0 Å². The molecule has 0 bridgehead atoms. The summed E-state index contributed by atoms with van der Waals surface area (Å²) in [6.07, 6.45) is 6.20. The van der Waals surface area contributed by atoms with Crippen LogP contribution in [0.3, 0.4) is 0 Å². The third-order valence-electron chi connectivity index (χ3n) is 5.34. The Kier molecular flexibility index (Phi) is 5.26. The fourth-order valence-electron chi connectivity index (χ4n) is 3.55. The summed E-state index contributed by atoms with van der Waals surface area (Å²) in [4.78, 5) is 24.6. The lowest BCUT2D eigenvalue weighted by Crippen LogP contribution is -2.19. The van der Waals surface area contributed by atoms with Gasteiger partial charge in [-0.2, -0.15) is 0 Å². The lowest BCUT2D eigenvalue weighted by Gasteiger charge is -2.14. The van der Waals surface area contributed by atoms with Crippen molar-refractivity contribution >= 4 is 26.6 Å². The molecule has 1 fully saturated rings. The van der Waals surface area contributed by atoms with Crippen molar-refractivity contribution in [3.05, 3.63) is 76.9 Å². The van der Waals surface area contributed by atoms with Crippen LogP contribution >= 0.6 is 0 Å². The molecule has 1 unspecified atom stereocenters. The molecule has 0 radical (unpaired) electrons. The molecule has 160 valence electrons. The van der Waals surface area contributed by atoms with Crippen LogP contribution in [0.2, 0.25) is 0 Å². The Morgan fingerprint density at radius 3 is 2.58 bits per heavy atom. The van der Waals surface area contributed by atoms with E-state index in [2.05, 4.69) is 10.9 Å². The quantitative estimate of drug-likeness (QED) is 0.572. The van der Waals surface area contributed by atoms with Gasteiger partial charge >= 0.3 is 5.97 Å². The van der Waals surface area contributed by atoms with Crippen molar-refractivity contribution in [3.63, 3.8) is 0 Å².